The number of amides is 1. The summed E-state index contributed by atoms with van der Waals surface area (Å²) in [5.41, 5.74) is 3.30. The van der Waals surface area contributed by atoms with Gasteiger partial charge in [-0.05, 0) is 35.2 Å². The Bertz CT molecular complexity index is 841. The summed E-state index contributed by atoms with van der Waals surface area (Å²) in [7, 11) is 3.70. The molecule has 0 spiro atoms. The molecule has 0 radical (unpaired) electrons. The van der Waals surface area contributed by atoms with Gasteiger partial charge < -0.3 is 15.1 Å². The van der Waals surface area contributed by atoms with Crippen molar-refractivity contribution in [2.24, 2.45) is 4.99 Å². The summed E-state index contributed by atoms with van der Waals surface area (Å²) in [4.78, 5) is 20.1. The summed E-state index contributed by atoms with van der Waals surface area (Å²) in [6, 6.07) is 14.8. The van der Waals surface area contributed by atoms with Gasteiger partial charge in [-0.1, -0.05) is 36.4 Å². The zero-order valence-electron chi connectivity index (χ0n) is 16.9. The quantitative estimate of drug-likeness (QED) is 0.366. The van der Waals surface area contributed by atoms with Crippen LogP contribution in [0.25, 0.3) is 0 Å². The highest BCUT2D eigenvalue weighted by Gasteiger charge is 2.19. The number of nitrogens with zero attached hydrogens (tertiary/aromatic N) is 3. The van der Waals surface area contributed by atoms with Crippen molar-refractivity contribution >= 4 is 35.8 Å². The van der Waals surface area contributed by atoms with Crippen molar-refractivity contribution in [3.8, 4) is 0 Å². The van der Waals surface area contributed by atoms with Gasteiger partial charge in [0.15, 0.2) is 5.96 Å². The normalized spacial score (nSPS) is 14.0. The lowest BCUT2D eigenvalue weighted by Gasteiger charge is -2.22. The van der Waals surface area contributed by atoms with E-state index in [9.17, 15) is 9.18 Å². The predicted molar refractivity (Wildman–Crippen MR) is 125 cm³/mol. The minimum absolute atomic E-state index is 0. The molecule has 3 rings (SSSR count). The van der Waals surface area contributed by atoms with Gasteiger partial charge in [0.1, 0.15) is 5.82 Å². The van der Waals surface area contributed by atoms with Gasteiger partial charge in [0.2, 0.25) is 5.91 Å². The molecule has 0 saturated carbocycles. The van der Waals surface area contributed by atoms with Crippen LogP contribution in [0.3, 0.4) is 0 Å². The Kier molecular flexibility index (Phi) is 8.88. The molecule has 156 valence electrons. The zero-order valence-corrected chi connectivity index (χ0v) is 19.2. The van der Waals surface area contributed by atoms with E-state index < -0.39 is 0 Å². The van der Waals surface area contributed by atoms with Crippen molar-refractivity contribution in [1.82, 2.24) is 15.1 Å². The monoisotopic (exact) mass is 510 g/mol. The predicted octanol–water partition coefficient (Wildman–Crippen LogP) is 3.77. The molecule has 1 saturated heterocycles. The number of guanidine groups is 1. The lowest BCUT2D eigenvalue weighted by molar-refractivity contribution is -0.128. The van der Waals surface area contributed by atoms with Crippen LogP contribution in [0.2, 0.25) is 0 Å². The van der Waals surface area contributed by atoms with Crippen molar-refractivity contribution in [3.63, 3.8) is 0 Å². The second-order valence-electron chi connectivity index (χ2n) is 7.12. The van der Waals surface area contributed by atoms with E-state index in [1.165, 1.54) is 12.1 Å². The lowest BCUT2D eigenvalue weighted by atomic mass is 10.1. The zero-order chi connectivity index (χ0) is 19.9. The van der Waals surface area contributed by atoms with Gasteiger partial charge in [0.05, 0.1) is 0 Å². The fourth-order valence-electron chi connectivity index (χ4n) is 3.43. The topological polar surface area (TPSA) is 47.9 Å². The number of aliphatic imine (C=N–C) groups is 1. The number of hydrogen-bond acceptors (Lipinski definition) is 2. The third-order valence-corrected chi connectivity index (χ3v) is 4.89. The van der Waals surface area contributed by atoms with E-state index in [2.05, 4.69) is 28.5 Å². The average molecular weight is 510 g/mol. The molecule has 2 aromatic carbocycles. The van der Waals surface area contributed by atoms with Crippen molar-refractivity contribution < 1.29 is 9.18 Å². The van der Waals surface area contributed by atoms with E-state index in [0.29, 0.717) is 26.1 Å². The van der Waals surface area contributed by atoms with Crippen molar-refractivity contribution in [1.29, 1.82) is 0 Å². The Morgan fingerprint density at radius 3 is 2.55 bits per heavy atom. The van der Waals surface area contributed by atoms with Gasteiger partial charge in [-0.25, -0.2) is 4.39 Å². The Morgan fingerprint density at radius 1 is 1.17 bits per heavy atom. The molecule has 0 atom stereocenters. The van der Waals surface area contributed by atoms with Crippen LogP contribution in [-0.2, 0) is 24.4 Å². The SMILES string of the molecule is CN=C(NCc1cccc(CN2CCCC2=O)c1)N(C)Cc1ccc(F)cc1.I. The number of nitrogens with one attached hydrogen (secondary N) is 1. The minimum atomic E-state index is -0.232. The third kappa shape index (κ3) is 6.69. The third-order valence-electron chi connectivity index (χ3n) is 4.89. The molecule has 0 bridgehead atoms. The first-order chi connectivity index (χ1) is 13.5. The Labute approximate surface area is 189 Å². The first kappa shape index (κ1) is 23.1. The van der Waals surface area contributed by atoms with Gasteiger partial charge in [-0.15, -0.1) is 24.0 Å². The molecule has 7 heteroatoms. The van der Waals surface area contributed by atoms with E-state index >= 15 is 0 Å². The number of halogens is 2. The number of benzene rings is 2. The summed E-state index contributed by atoms with van der Waals surface area (Å²) in [6.07, 6.45) is 1.62. The largest absolute Gasteiger partial charge is 0.352 e. The van der Waals surface area contributed by atoms with E-state index in [4.69, 9.17) is 0 Å². The molecule has 1 aliphatic heterocycles. The van der Waals surface area contributed by atoms with Crippen LogP contribution in [0.5, 0.6) is 0 Å². The van der Waals surface area contributed by atoms with Crippen LogP contribution >= 0.6 is 24.0 Å². The second-order valence-corrected chi connectivity index (χ2v) is 7.12. The van der Waals surface area contributed by atoms with E-state index in [-0.39, 0.29) is 35.7 Å². The van der Waals surface area contributed by atoms with Crippen LogP contribution in [0.4, 0.5) is 4.39 Å². The number of carbonyl (C=O) groups excluding carboxylic acids is 1. The molecular weight excluding hydrogens is 482 g/mol. The van der Waals surface area contributed by atoms with Crippen molar-refractivity contribution in [3.05, 3.63) is 71.0 Å². The smallest absolute Gasteiger partial charge is 0.222 e. The van der Waals surface area contributed by atoms with E-state index in [1.807, 2.05) is 22.9 Å². The van der Waals surface area contributed by atoms with Gasteiger partial charge in [-0.2, -0.15) is 0 Å². The first-order valence-electron chi connectivity index (χ1n) is 9.57. The van der Waals surface area contributed by atoms with E-state index in [0.717, 1.165) is 35.6 Å². The van der Waals surface area contributed by atoms with Gasteiger partial charge in [-0.3, -0.25) is 9.79 Å². The standard InChI is InChI=1S/C22H27FN4O.HI/c1-24-22(26(2)15-17-8-10-20(23)11-9-17)25-14-18-5-3-6-19(13-18)16-27-12-4-7-21(27)28;/h3,5-6,8-11,13H,4,7,12,14-16H2,1-2H3,(H,24,25);1H. The first-order valence-corrected chi connectivity index (χ1v) is 9.57. The van der Waals surface area contributed by atoms with Gasteiger partial charge in [0.25, 0.3) is 0 Å². The fourth-order valence-corrected chi connectivity index (χ4v) is 3.43. The second kappa shape index (κ2) is 11.1. The van der Waals surface area contributed by atoms with Gasteiger partial charge >= 0.3 is 0 Å². The molecule has 0 aliphatic carbocycles. The van der Waals surface area contributed by atoms with Crippen LogP contribution < -0.4 is 5.32 Å². The number of rotatable bonds is 6. The molecule has 1 aliphatic rings. The molecule has 1 N–H and O–H groups in total. The molecule has 1 amide bonds. The summed E-state index contributed by atoms with van der Waals surface area (Å²) in [5, 5.41) is 3.37. The maximum absolute atomic E-state index is 13.1. The Hall–Kier alpha value is -2.16. The van der Waals surface area contributed by atoms with Crippen LogP contribution in [0.1, 0.15) is 29.5 Å². The minimum Gasteiger partial charge on any atom is -0.352 e. The van der Waals surface area contributed by atoms with E-state index in [1.54, 1.807) is 19.2 Å². The van der Waals surface area contributed by atoms with Crippen molar-refractivity contribution in [2.45, 2.75) is 32.5 Å². The van der Waals surface area contributed by atoms with Crippen LogP contribution in [-0.4, -0.2) is 42.3 Å². The maximum Gasteiger partial charge on any atom is 0.222 e. The summed E-state index contributed by atoms with van der Waals surface area (Å²) in [6.45, 7) is 2.80. The van der Waals surface area contributed by atoms with Crippen molar-refractivity contribution in [2.75, 3.05) is 20.6 Å². The molecular formula is C22H28FIN4O. The highest BCUT2D eigenvalue weighted by Crippen LogP contribution is 2.15. The number of carbonyl (C=O) groups is 1. The summed E-state index contributed by atoms with van der Waals surface area (Å²) < 4.78 is 13.1. The maximum atomic E-state index is 13.1. The van der Waals surface area contributed by atoms with Crippen LogP contribution in [0, 0.1) is 5.82 Å². The molecule has 29 heavy (non-hydrogen) atoms. The number of likely N-dealkylation sites (tertiary alicyclic amines) is 1. The number of hydrogen-bond donors (Lipinski definition) is 1. The fraction of sp³-hybridized carbons (Fsp3) is 0.364. The molecule has 0 aromatic heterocycles. The highest BCUT2D eigenvalue weighted by atomic mass is 127. The summed E-state index contributed by atoms with van der Waals surface area (Å²) >= 11 is 0. The Morgan fingerprint density at radius 2 is 1.90 bits per heavy atom. The highest BCUT2D eigenvalue weighted by molar-refractivity contribution is 14.0. The Balaban J connectivity index is 0.00000300. The molecule has 2 aromatic rings. The molecule has 1 heterocycles. The molecule has 1 fully saturated rings. The molecule has 0 unspecified atom stereocenters. The average Bonchev–Trinajstić information content (AvgIpc) is 3.09. The molecule has 5 nitrogen and oxygen atoms in total. The summed E-state index contributed by atoms with van der Waals surface area (Å²) in [5.74, 6) is 0.778. The van der Waals surface area contributed by atoms with Gasteiger partial charge in [0, 0.05) is 46.7 Å². The lowest BCUT2D eigenvalue weighted by Crippen LogP contribution is -2.38. The van der Waals surface area contributed by atoms with Crippen LogP contribution in [0.15, 0.2) is 53.5 Å².